The molecule has 0 saturated carbocycles. The topological polar surface area (TPSA) is 77.2 Å². The molecular weight excluding hydrogens is 345 g/mol. The zero-order valence-electron chi connectivity index (χ0n) is 12.3. The highest BCUT2D eigenvalue weighted by molar-refractivity contribution is 7.90. The summed E-state index contributed by atoms with van der Waals surface area (Å²) in [5, 5.41) is 3.37. The molecular formula is C14H11F3N4O2S. The number of hydrogen-bond donors (Lipinski definition) is 0. The molecule has 0 amide bonds. The van der Waals surface area contributed by atoms with Crippen LogP contribution in [-0.2, 0) is 16.3 Å². The predicted molar refractivity (Wildman–Crippen MR) is 79.0 cm³/mol. The molecule has 0 unspecified atom stereocenters. The van der Waals surface area contributed by atoms with Gasteiger partial charge in [-0.15, -0.1) is 5.10 Å². The zero-order chi connectivity index (χ0) is 17.5. The summed E-state index contributed by atoms with van der Waals surface area (Å²) in [6.07, 6.45) is 0.335. The van der Waals surface area contributed by atoms with E-state index in [9.17, 15) is 21.6 Å². The summed E-state index contributed by atoms with van der Waals surface area (Å²) in [5.74, 6) is -0.650. The Hall–Kier alpha value is -2.49. The van der Waals surface area contributed by atoms with E-state index in [1.807, 2.05) is 0 Å². The predicted octanol–water partition coefficient (Wildman–Crippen LogP) is 2.14. The largest absolute Gasteiger partial charge is 0.265 e. The van der Waals surface area contributed by atoms with Gasteiger partial charge in [0.1, 0.15) is 5.52 Å². The van der Waals surface area contributed by atoms with Gasteiger partial charge in [-0.2, -0.15) is 0 Å². The minimum Gasteiger partial charge on any atom is -0.254 e. The molecule has 0 bridgehead atoms. The maximum atomic E-state index is 14.0. The Bertz CT molecular complexity index is 1000. The Morgan fingerprint density at radius 3 is 2.54 bits per heavy atom. The summed E-state index contributed by atoms with van der Waals surface area (Å²) < 4.78 is 62.9. The van der Waals surface area contributed by atoms with Crippen molar-refractivity contribution in [1.29, 1.82) is 0 Å². The van der Waals surface area contributed by atoms with Crippen molar-refractivity contribution >= 4 is 15.4 Å². The second-order valence-corrected chi connectivity index (χ2v) is 7.04. The van der Waals surface area contributed by atoms with Crippen molar-refractivity contribution in [2.45, 2.75) is 18.0 Å². The van der Waals surface area contributed by atoms with Crippen LogP contribution in [0, 0.1) is 5.82 Å². The van der Waals surface area contributed by atoms with Crippen LogP contribution in [0.4, 0.5) is 13.2 Å². The fourth-order valence-electron chi connectivity index (χ4n) is 2.17. The highest BCUT2D eigenvalue weighted by Gasteiger charge is 2.18. The normalized spacial score (nSPS) is 12.2. The number of fused-ring (bicyclic) bond motifs is 1. The van der Waals surface area contributed by atoms with E-state index >= 15 is 0 Å². The van der Waals surface area contributed by atoms with E-state index in [1.54, 1.807) is 0 Å². The van der Waals surface area contributed by atoms with Gasteiger partial charge in [-0.3, -0.25) is 4.98 Å². The molecule has 3 rings (SSSR count). The van der Waals surface area contributed by atoms with Gasteiger partial charge in [0.05, 0.1) is 17.6 Å². The number of nitrogens with zero attached hydrogens (tertiary/aromatic N) is 4. The van der Waals surface area contributed by atoms with Gasteiger partial charge in [-0.05, 0) is 11.6 Å². The summed E-state index contributed by atoms with van der Waals surface area (Å²) in [4.78, 5) is 7.66. The maximum absolute atomic E-state index is 14.0. The molecule has 0 atom stereocenters. The van der Waals surface area contributed by atoms with Gasteiger partial charge in [-0.1, -0.05) is 6.07 Å². The Morgan fingerprint density at radius 2 is 1.96 bits per heavy atom. The highest BCUT2D eigenvalue weighted by atomic mass is 32.2. The Balaban J connectivity index is 2.12. The highest BCUT2D eigenvalue weighted by Crippen LogP contribution is 2.23. The van der Waals surface area contributed by atoms with E-state index in [4.69, 9.17) is 0 Å². The smallest absolute Gasteiger partial charge is 0.254 e. The minimum atomic E-state index is -3.67. The van der Waals surface area contributed by atoms with Gasteiger partial charge in [-0.25, -0.2) is 31.1 Å². The van der Waals surface area contributed by atoms with E-state index in [0.717, 1.165) is 23.0 Å². The third-order valence-corrected chi connectivity index (χ3v) is 4.11. The van der Waals surface area contributed by atoms with Crippen molar-refractivity contribution in [1.82, 2.24) is 19.6 Å². The van der Waals surface area contributed by atoms with Crippen molar-refractivity contribution in [3.8, 4) is 11.4 Å². The van der Waals surface area contributed by atoms with Crippen LogP contribution in [0.15, 0.2) is 35.7 Å². The number of alkyl halides is 2. The lowest BCUT2D eigenvalue weighted by Crippen LogP contribution is -2.08. The molecule has 6 nitrogen and oxygen atoms in total. The third-order valence-electron chi connectivity index (χ3n) is 3.26. The second kappa shape index (κ2) is 5.86. The van der Waals surface area contributed by atoms with Crippen LogP contribution in [0.25, 0.3) is 16.9 Å². The van der Waals surface area contributed by atoms with Crippen LogP contribution >= 0.6 is 0 Å². The average molecular weight is 356 g/mol. The van der Waals surface area contributed by atoms with Gasteiger partial charge in [0, 0.05) is 24.9 Å². The number of aromatic nitrogens is 4. The Labute approximate surface area is 134 Å². The van der Waals surface area contributed by atoms with E-state index in [1.165, 1.54) is 18.3 Å². The number of halogens is 3. The molecule has 0 aliphatic carbocycles. The van der Waals surface area contributed by atoms with Crippen molar-refractivity contribution < 1.29 is 21.6 Å². The lowest BCUT2D eigenvalue weighted by molar-refractivity contribution is 0.149. The third kappa shape index (κ3) is 3.09. The lowest BCUT2D eigenvalue weighted by atomic mass is 10.2. The molecule has 0 aromatic carbocycles. The standard InChI is InChI=1S/C14H11F3N4O2S/c1-24(22,23)14-19-7-12-9(15)5-11(21(12)20-14)10-3-2-8(6-18-10)4-13(16)17/h2-3,5-7,13H,4H2,1H3. The molecule has 126 valence electrons. The molecule has 24 heavy (non-hydrogen) atoms. The number of rotatable bonds is 4. The van der Waals surface area contributed by atoms with Gasteiger partial charge < -0.3 is 0 Å². The SMILES string of the molecule is CS(=O)(=O)c1ncc2c(F)cc(-c3ccc(CC(F)F)cn3)n2n1. The fraction of sp³-hybridized carbons (Fsp3) is 0.214. The van der Waals surface area contributed by atoms with Crippen LogP contribution in [0.5, 0.6) is 0 Å². The van der Waals surface area contributed by atoms with Gasteiger partial charge in [0.2, 0.25) is 16.3 Å². The van der Waals surface area contributed by atoms with Crippen LogP contribution < -0.4 is 0 Å². The molecule has 0 spiro atoms. The van der Waals surface area contributed by atoms with Crippen LogP contribution in [0.1, 0.15) is 5.56 Å². The first-order valence-corrected chi connectivity index (χ1v) is 8.62. The first kappa shape index (κ1) is 16.4. The van der Waals surface area contributed by atoms with Crippen LogP contribution in [-0.4, -0.2) is 40.7 Å². The van der Waals surface area contributed by atoms with Crippen LogP contribution in [0.3, 0.4) is 0 Å². The molecule has 3 aromatic heterocycles. The molecule has 3 heterocycles. The maximum Gasteiger partial charge on any atom is 0.265 e. The number of pyridine rings is 1. The monoisotopic (exact) mass is 356 g/mol. The Morgan fingerprint density at radius 1 is 1.21 bits per heavy atom. The zero-order valence-corrected chi connectivity index (χ0v) is 13.1. The van der Waals surface area contributed by atoms with Crippen LogP contribution in [0.2, 0.25) is 0 Å². The van der Waals surface area contributed by atoms with Crippen molar-refractivity contribution in [2.24, 2.45) is 0 Å². The summed E-state index contributed by atoms with van der Waals surface area (Å²) in [5.41, 5.74) is 0.779. The molecule has 0 fully saturated rings. The Kier molecular flexibility index (Phi) is 3.99. The first-order valence-electron chi connectivity index (χ1n) is 6.73. The summed E-state index contributed by atoms with van der Waals surface area (Å²) in [7, 11) is -3.67. The minimum absolute atomic E-state index is 0.0177. The molecule has 0 N–H and O–H groups in total. The van der Waals surface area contributed by atoms with Crippen molar-refractivity contribution in [3.63, 3.8) is 0 Å². The first-order chi connectivity index (χ1) is 11.3. The molecule has 0 radical (unpaired) electrons. The summed E-state index contributed by atoms with van der Waals surface area (Å²) >= 11 is 0. The lowest BCUT2D eigenvalue weighted by Gasteiger charge is -2.04. The molecule has 0 aliphatic heterocycles. The van der Waals surface area contributed by atoms with E-state index < -0.39 is 33.7 Å². The fourth-order valence-corrected chi connectivity index (χ4v) is 2.64. The number of sulfone groups is 1. The molecule has 10 heteroatoms. The number of hydrogen-bond acceptors (Lipinski definition) is 5. The summed E-state index contributed by atoms with van der Waals surface area (Å²) in [6, 6.07) is 4.02. The molecule has 0 saturated heterocycles. The van der Waals surface area contributed by atoms with Crippen molar-refractivity contribution in [2.75, 3.05) is 6.26 Å². The van der Waals surface area contributed by atoms with Gasteiger partial charge in [0.25, 0.3) is 5.16 Å². The van der Waals surface area contributed by atoms with E-state index in [2.05, 4.69) is 15.1 Å². The van der Waals surface area contributed by atoms with Gasteiger partial charge in [0.15, 0.2) is 5.82 Å². The van der Waals surface area contributed by atoms with E-state index in [-0.39, 0.29) is 16.9 Å². The van der Waals surface area contributed by atoms with Crippen molar-refractivity contribution in [3.05, 3.63) is 42.0 Å². The average Bonchev–Trinajstić information content (AvgIpc) is 2.83. The summed E-state index contributed by atoms with van der Waals surface area (Å²) in [6.45, 7) is 0. The molecule has 0 aliphatic rings. The second-order valence-electron chi connectivity index (χ2n) is 5.13. The molecule has 3 aromatic rings. The van der Waals surface area contributed by atoms with E-state index in [0.29, 0.717) is 5.56 Å². The van der Waals surface area contributed by atoms with Gasteiger partial charge >= 0.3 is 0 Å². The quantitative estimate of drug-likeness (QED) is 0.716.